The molecule has 2 N–H and O–H groups in total. The van der Waals surface area contributed by atoms with Crippen molar-refractivity contribution in [1.82, 2.24) is 9.88 Å². The lowest BCUT2D eigenvalue weighted by atomic mass is 10.1. The number of rotatable bonds is 4. The number of amides is 1. The number of pyridine rings is 1. The molecule has 0 bridgehead atoms. The van der Waals surface area contributed by atoms with Crippen molar-refractivity contribution >= 4 is 11.9 Å². The van der Waals surface area contributed by atoms with Gasteiger partial charge in [0.2, 0.25) is 12.0 Å². The average Bonchev–Trinajstić information content (AvgIpc) is 2.93. The summed E-state index contributed by atoms with van der Waals surface area (Å²) in [5, 5.41) is 20.0. The van der Waals surface area contributed by atoms with Gasteiger partial charge in [0.25, 0.3) is 5.91 Å². The molecule has 1 amide bonds. The van der Waals surface area contributed by atoms with E-state index in [4.69, 9.17) is 9.47 Å². The van der Waals surface area contributed by atoms with E-state index in [9.17, 15) is 19.8 Å². The maximum Gasteiger partial charge on any atom is 0.373 e. The lowest BCUT2D eigenvalue weighted by Gasteiger charge is -2.32. The van der Waals surface area contributed by atoms with Gasteiger partial charge in [0, 0.05) is 25.9 Å². The molecule has 0 aromatic carbocycles. The van der Waals surface area contributed by atoms with Gasteiger partial charge >= 0.3 is 5.97 Å². The Morgan fingerprint density at radius 2 is 2.19 bits per heavy atom. The van der Waals surface area contributed by atoms with Crippen molar-refractivity contribution in [2.24, 2.45) is 0 Å². The van der Waals surface area contributed by atoms with Gasteiger partial charge in [-0.1, -0.05) is 6.07 Å². The summed E-state index contributed by atoms with van der Waals surface area (Å²) in [5.74, 6) is -1.39. The SMILES string of the molecule is COC(=O)C1=C[C@@H](O)C(O)[C@H](O[C@H]2C[C@@H](c3cccnc3)N(C)C2=O)O1. The Morgan fingerprint density at radius 3 is 2.85 bits per heavy atom. The fourth-order valence-corrected chi connectivity index (χ4v) is 3.02. The number of hydrogen-bond donors (Lipinski definition) is 2. The molecule has 1 aromatic heterocycles. The molecule has 0 radical (unpaired) electrons. The number of aliphatic hydroxyl groups excluding tert-OH is 2. The van der Waals surface area contributed by atoms with E-state index in [1.807, 2.05) is 6.07 Å². The Morgan fingerprint density at radius 1 is 1.42 bits per heavy atom. The van der Waals surface area contributed by atoms with Crippen LogP contribution in [0, 0.1) is 0 Å². The van der Waals surface area contributed by atoms with Crippen molar-refractivity contribution in [3.05, 3.63) is 41.9 Å². The molecule has 9 nitrogen and oxygen atoms in total. The standard InChI is InChI=1S/C17H20N2O7/c1-19-10(9-4-3-5-18-8-9)6-12(15(19)22)25-17-14(21)11(20)7-13(26-17)16(23)24-2/h3-5,7-8,10-12,14,17,20-21H,6H2,1-2H3/t10-,11+,12-,14?,17+/m0/s1. The predicted octanol–water partition coefficient (Wildman–Crippen LogP) is -0.495. The highest BCUT2D eigenvalue weighted by molar-refractivity contribution is 5.86. The van der Waals surface area contributed by atoms with Crippen molar-refractivity contribution in [1.29, 1.82) is 0 Å². The Hall–Kier alpha value is -2.49. The quantitative estimate of drug-likeness (QED) is 0.687. The zero-order valence-electron chi connectivity index (χ0n) is 14.3. The third-order valence-electron chi connectivity index (χ3n) is 4.48. The molecule has 5 atom stereocenters. The largest absolute Gasteiger partial charge is 0.463 e. The van der Waals surface area contributed by atoms with Crippen molar-refractivity contribution < 1.29 is 34.0 Å². The predicted molar refractivity (Wildman–Crippen MR) is 86.2 cm³/mol. The van der Waals surface area contributed by atoms with Crippen LogP contribution in [0.4, 0.5) is 0 Å². The van der Waals surface area contributed by atoms with Gasteiger partial charge in [-0.25, -0.2) is 4.79 Å². The molecule has 1 saturated heterocycles. The molecular formula is C17H20N2O7. The molecule has 9 heteroatoms. The topological polar surface area (TPSA) is 118 Å². The first kappa shape index (κ1) is 18.3. The molecule has 140 valence electrons. The van der Waals surface area contributed by atoms with Crippen LogP contribution in [-0.2, 0) is 23.8 Å². The molecule has 3 heterocycles. The number of carbonyl (C=O) groups is 2. The summed E-state index contributed by atoms with van der Waals surface area (Å²) in [6.45, 7) is 0. The molecule has 1 aromatic rings. The van der Waals surface area contributed by atoms with Gasteiger partial charge in [-0.2, -0.15) is 0 Å². The normalized spacial score (nSPS) is 31.4. The number of aliphatic hydroxyl groups is 2. The molecular weight excluding hydrogens is 344 g/mol. The number of methoxy groups -OCH3 is 1. The number of likely N-dealkylation sites (N-methyl/N-ethyl adjacent to an activating group) is 1. The number of esters is 1. The van der Waals surface area contributed by atoms with Gasteiger partial charge in [0.1, 0.15) is 18.3 Å². The van der Waals surface area contributed by atoms with Crippen LogP contribution in [0.5, 0.6) is 0 Å². The van der Waals surface area contributed by atoms with Gasteiger partial charge in [-0.15, -0.1) is 0 Å². The number of aromatic nitrogens is 1. The minimum absolute atomic E-state index is 0.234. The lowest BCUT2D eigenvalue weighted by Crippen LogP contribution is -2.46. The first-order valence-electron chi connectivity index (χ1n) is 8.07. The Labute approximate surface area is 149 Å². The summed E-state index contributed by atoms with van der Waals surface area (Å²) in [7, 11) is 2.81. The summed E-state index contributed by atoms with van der Waals surface area (Å²) in [4.78, 5) is 29.7. The van der Waals surface area contributed by atoms with Crippen LogP contribution in [0.2, 0.25) is 0 Å². The second kappa shape index (κ2) is 7.40. The first-order chi connectivity index (χ1) is 12.4. The van der Waals surface area contributed by atoms with Gasteiger partial charge < -0.3 is 29.3 Å². The van der Waals surface area contributed by atoms with Crippen LogP contribution in [0.15, 0.2) is 36.4 Å². The van der Waals surface area contributed by atoms with E-state index < -0.39 is 30.6 Å². The monoisotopic (exact) mass is 364 g/mol. The maximum atomic E-state index is 12.5. The molecule has 2 aliphatic rings. The number of ether oxygens (including phenoxy) is 3. The molecule has 1 fully saturated rings. The summed E-state index contributed by atoms with van der Waals surface area (Å²) in [5.41, 5.74) is 0.856. The third kappa shape index (κ3) is 3.41. The second-order valence-corrected chi connectivity index (χ2v) is 6.10. The Bertz CT molecular complexity index is 708. The Balaban J connectivity index is 1.73. The van der Waals surface area contributed by atoms with Gasteiger partial charge in [-0.05, 0) is 17.7 Å². The van der Waals surface area contributed by atoms with Crippen molar-refractivity contribution in [2.45, 2.75) is 37.1 Å². The third-order valence-corrected chi connectivity index (χ3v) is 4.48. The van der Waals surface area contributed by atoms with Crippen LogP contribution in [0.25, 0.3) is 0 Å². The van der Waals surface area contributed by atoms with E-state index in [2.05, 4.69) is 9.72 Å². The molecule has 0 saturated carbocycles. The second-order valence-electron chi connectivity index (χ2n) is 6.10. The van der Waals surface area contributed by atoms with Crippen LogP contribution >= 0.6 is 0 Å². The van der Waals surface area contributed by atoms with Crippen LogP contribution in [0.3, 0.4) is 0 Å². The van der Waals surface area contributed by atoms with Crippen molar-refractivity contribution in [3.8, 4) is 0 Å². The highest BCUT2D eigenvalue weighted by Gasteiger charge is 2.44. The molecule has 26 heavy (non-hydrogen) atoms. The van der Waals surface area contributed by atoms with Crippen LogP contribution < -0.4 is 0 Å². The van der Waals surface area contributed by atoms with Crippen LogP contribution in [-0.4, -0.2) is 70.7 Å². The van der Waals surface area contributed by atoms with Gasteiger partial charge in [0.05, 0.1) is 13.2 Å². The fourth-order valence-electron chi connectivity index (χ4n) is 3.02. The van der Waals surface area contributed by atoms with E-state index in [0.717, 1.165) is 18.7 Å². The lowest BCUT2D eigenvalue weighted by molar-refractivity contribution is -0.223. The fraction of sp³-hybridized carbons (Fsp3) is 0.471. The number of carbonyl (C=O) groups excluding carboxylic acids is 2. The summed E-state index contributed by atoms with van der Waals surface area (Å²) in [6.07, 6.45) is -0.427. The van der Waals surface area contributed by atoms with E-state index >= 15 is 0 Å². The molecule has 1 unspecified atom stereocenters. The molecule has 2 aliphatic heterocycles. The summed E-state index contributed by atoms with van der Waals surface area (Å²) < 4.78 is 15.4. The minimum Gasteiger partial charge on any atom is -0.463 e. The summed E-state index contributed by atoms with van der Waals surface area (Å²) in [6, 6.07) is 3.40. The van der Waals surface area contributed by atoms with E-state index in [1.54, 1.807) is 25.5 Å². The number of hydrogen-bond acceptors (Lipinski definition) is 8. The van der Waals surface area contributed by atoms with E-state index in [0.29, 0.717) is 6.42 Å². The number of likely N-dealkylation sites (tertiary alicyclic amines) is 1. The zero-order valence-corrected chi connectivity index (χ0v) is 14.3. The highest BCUT2D eigenvalue weighted by Crippen LogP contribution is 2.34. The highest BCUT2D eigenvalue weighted by atomic mass is 16.7. The van der Waals surface area contributed by atoms with E-state index in [-0.39, 0.29) is 17.7 Å². The van der Waals surface area contributed by atoms with E-state index in [1.165, 1.54) is 4.90 Å². The Kier molecular flexibility index (Phi) is 5.21. The van der Waals surface area contributed by atoms with Crippen molar-refractivity contribution in [3.63, 3.8) is 0 Å². The minimum atomic E-state index is -1.45. The molecule has 0 aliphatic carbocycles. The average molecular weight is 364 g/mol. The van der Waals surface area contributed by atoms with Gasteiger partial charge in [0.15, 0.2) is 0 Å². The van der Waals surface area contributed by atoms with Gasteiger partial charge in [-0.3, -0.25) is 9.78 Å². The van der Waals surface area contributed by atoms with Crippen molar-refractivity contribution in [2.75, 3.05) is 14.2 Å². The first-order valence-corrected chi connectivity index (χ1v) is 8.07. The zero-order chi connectivity index (χ0) is 18.8. The van der Waals surface area contributed by atoms with Crippen LogP contribution in [0.1, 0.15) is 18.0 Å². The smallest absolute Gasteiger partial charge is 0.373 e. The molecule has 3 rings (SSSR count). The maximum absolute atomic E-state index is 12.5. The molecule has 0 spiro atoms. The number of nitrogens with zero attached hydrogens (tertiary/aromatic N) is 2. The summed E-state index contributed by atoms with van der Waals surface area (Å²) >= 11 is 0.